The minimum absolute atomic E-state index is 0.235. The molecule has 1 aromatic carbocycles. The van der Waals surface area contributed by atoms with Crippen molar-refractivity contribution in [2.75, 3.05) is 12.0 Å². The maximum absolute atomic E-state index is 13.5. The number of fused-ring (bicyclic) bond motifs is 1. The standard InChI is InChI=1S/C9H8FNS2/c1-12-9-5-2-3-13-7(5)4-6(11)8(9)10/h2-4H,11H2,1H3. The van der Waals surface area contributed by atoms with Crippen molar-refractivity contribution in [2.45, 2.75) is 4.90 Å². The number of hydrogen-bond donors (Lipinski definition) is 1. The van der Waals surface area contributed by atoms with E-state index >= 15 is 0 Å². The van der Waals surface area contributed by atoms with Gasteiger partial charge in [0.05, 0.1) is 10.6 Å². The third-order valence-corrected chi connectivity index (χ3v) is 3.55. The SMILES string of the molecule is CSc1c(F)c(N)cc2sccc12. The molecule has 4 heteroatoms. The summed E-state index contributed by atoms with van der Waals surface area (Å²) in [5.41, 5.74) is 5.78. The molecule has 0 aliphatic heterocycles. The number of nitrogens with two attached hydrogens (primary N) is 1. The van der Waals surface area contributed by atoms with Crippen LogP contribution in [0.25, 0.3) is 10.1 Å². The first-order chi connectivity index (χ1) is 6.24. The number of thiophene rings is 1. The minimum atomic E-state index is -0.293. The van der Waals surface area contributed by atoms with Gasteiger partial charge in [0.2, 0.25) is 0 Å². The van der Waals surface area contributed by atoms with Crippen LogP contribution in [0.1, 0.15) is 0 Å². The second-order valence-electron chi connectivity index (χ2n) is 2.65. The Labute approximate surface area is 83.7 Å². The van der Waals surface area contributed by atoms with Crippen LogP contribution < -0.4 is 5.73 Å². The second-order valence-corrected chi connectivity index (χ2v) is 4.41. The lowest BCUT2D eigenvalue weighted by Gasteiger charge is -2.03. The number of thioether (sulfide) groups is 1. The van der Waals surface area contributed by atoms with E-state index in [1.807, 2.05) is 17.7 Å². The highest BCUT2D eigenvalue weighted by Crippen LogP contribution is 2.35. The zero-order valence-electron chi connectivity index (χ0n) is 7.00. The number of benzene rings is 1. The lowest BCUT2D eigenvalue weighted by molar-refractivity contribution is 0.611. The smallest absolute Gasteiger partial charge is 0.160 e. The van der Waals surface area contributed by atoms with E-state index in [2.05, 4.69) is 0 Å². The Morgan fingerprint density at radius 1 is 1.54 bits per heavy atom. The van der Waals surface area contributed by atoms with Crippen molar-refractivity contribution >= 4 is 38.9 Å². The average Bonchev–Trinajstić information content (AvgIpc) is 2.54. The summed E-state index contributed by atoms with van der Waals surface area (Å²) in [6, 6.07) is 3.61. The Bertz CT molecular complexity index is 450. The summed E-state index contributed by atoms with van der Waals surface area (Å²) in [5, 5.41) is 2.91. The molecule has 1 heterocycles. The number of nitrogen functional groups attached to an aromatic ring is 1. The van der Waals surface area contributed by atoms with Crippen LogP contribution in [0, 0.1) is 5.82 Å². The van der Waals surface area contributed by atoms with Crippen molar-refractivity contribution < 1.29 is 4.39 Å². The Kier molecular flexibility index (Phi) is 2.17. The molecule has 2 aromatic rings. The molecule has 0 aliphatic rings. The maximum atomic E-state index is 13.5. The molecule has 13 heavy (non-hydrogen) atoms. The van der Waals surface area contributed by atoms with E-state index in [1.165, 1.54) is 11.8 Å². The molecule has 0 amide bonds. The molecule has 1 nitrogen and oxygen atoms in total. The normalized spacial score (nSPS) is 10.9. The fourth-order valence-corrected chi connectivity index (χ4v) is 2.88. The molecule has 68 valence electrons. The summed E-state index contributed by atoms with van der Waals surface area (Å²) in [7, 11) is 0. The van der Waals surface area contributed by atoms with Gasteiger partial charge in [-0.25, -0.2) is 4.39 Å². The van der Waals surface area contributed by atoms with Gasteiger partial charge in [-0.3, -0.25) is 0 Å². The van der Waals surface area contributed by atoms with Crippen LogP contribution in [0.5, 0.6) is 0 Å². The van der Waals surface area contributed by atoms with E-state index in [0.717, 1.165) is 10.1 Å². The quantitative estimate of drug-likeness (QED) is 0.580. The first-order valence-corrected chi connectivity index (χ1v) is 5.83. The van der Waals surface area contributed by atoms with Crippen LogP contribution >= 0.6 is 23.1 Å². The summed E-state index contributed by atoms with van der Waals surface area (Å²) < 4.78 is 14.5. The molecule has 0 fully saturated rings. The van der Waals surface area contributed by atoms with Crippen molar-refractivity contribution in [3.8, 4) is 0 Å². The number of halogens is 1. The van der Waals surface area contributed by atoms with Crippen molar-refractivity contribution in [3.63, 3.8) is 0 Å². The molecule has 0 saturated carbocycles. The monoisotopic (exact) mass is 213 g/mol. The zero-order chi connectivity index (χ0) is 9.42. The van der Waals surface area contributed by atoms with Gasteiger partial charge in [-0.1, -0.05) is 0 Å². The van der Waals surface area contributed by atoms with Crippen LogP contribution in [0.3, 0.4) is 0 Å². The molecular formula is C9H8FNS2. The van der Waals surface area contributed by atoms with Gasteiger partial charge in [-0.05, 0) is 23.8 Å². The molecule has 0 spiro atoms. The third kappa shape index (κ3) is 1.30. The van der Waals surface area contributed by atoms with Crippen molar-refractivity contribution in [3.05, 3.63) is 23.3 Å². The van der Waals surface area contributed by atoms with Gasteiger partial charge in [-0.15, -0.1) is 23.1 Å². The second kappa shape index (κ2) is 3.20. The highest BCUT2D eigenvalue weighted by Gasteiger charge is 2.10. The molecule has 0 aliphatic carbocycles. The highest BCUT2D eigenvalue weighted by atomic mass is 32.2. The zero-order valence-corrected chi connectivity index (χ0v) is 8.64. The summed E-state index contributed by atoms with van der Waals surface area (Å²) in [5.74, 6) is -0.293. The predicted molar refractivity (Wildman–Crippen MR) is 58.0 cm³/mol. The molecule has 0 unspecified atom stereocenters. The summed E-state index contributed by atoms with van der Waals surface area (Å²) in [6.45, 7) is 0. The Balaban J connectivity index is 2.87. The Morgan fingerprint density at radius 3 is 3.00 bits per heavy atom. The fourth-order valence-electron chi connectivity index (χ4n) is 1.27. The topological polar surface area (TPSA) is 26.0 Å². The molecule has 0 bridgehead atoms. The molecule has 2 N–H and O–H groups in total. The van der Waals surface area contributed by atoms with Crippen LogP contribution in [0.15, 0.2) is 22.4 Å². The fraction of sp³-hybridized carbons (Fsp3) is 0.111. The Morgan fingerprint density at radius 2 is 2.31 bits per heavy atom. The lowest BCUT2D eigenvalue weighted by Crippen LogP contribution is -1.92. The summed E-state index contributed by atoms with van der Waals surface area (Å²) in [6.07, 6.45) is 1.86. The average molecular weight is 213 g/mol. The largest absolute Gasteiger partial charge is 0.396 e. The summed E-state index contributed by atoms with van der Waals surface area (Å²) in [4.78, 5) is 0.649. The number of rotatable bonds is 1. The maximum Gasteiger partial charge on any atom is 0.160 e. The van der Waals surface area contributed by atoms with Crippen LogP contribution in [0.2, 0.25) is 0 Å². The van der Waals surface area contributed by atoms with Gasteiger partial charge in [0, 0.05) is 10.1 Å². The molecule has 0 radical (unpaired) electrons. The minimum Gasteiger partial charge on any atom is -0.396 e. The van der Waals surface area contributed by atoms with Gasteiger partial charge in [-0.2, -0.15) is 0 Å². The molecular weight excluding hydrogens is 205 g/mol. The van der Waals surface area contributed by atoms with Crippen LogP contribution in [-0.2, 0) is 0 Å². The van der Waals surface area contributed by atoms with E-state index < -0.39 is 0 Å². The Hall–Kier alpha value is -0.740. The van der Waals surface area contributed by atoms with E-state index in [9.17, 15) is 4.39 Å². The van der Waals surface area contributed by atoms with Crippen LogP contribution in [0.4, 0.5) is 10.1 Å². The molecule has 0 saturated heterocycles. The van der Waals surface area contributed by atoms with Crippen molar-refractivity contribution in [2.24, 2.45) is 0 Å². The molecule has 2 rings (SSSR count). The third-order valence-electron chi connectivity index (χ3n) is 1.88. The number of hydrogen-bond acceptors (Lipinski definition) is 3. The predicted octanol–water partition coefficient (Wildman–Crippen LogP) is 3.34. The summed E-state index contributed by atoms with van der Waals surface area (Å²) >= 11 is 2.98. The number of anilines is 1. The van der Waals surface area contributed by atoms with Gasteiger partial charge in [0.15, 0.2) is 5.82 Å². The van der Waals surface area contributed by atoms with Gasteiger partial charge < -0.3 is 5.73 Å². The first kappa shape index (κ1) is 8.84. The lowest BCUT2D eigenvalue weighted by atomic mass is 10.2. The van der Waals surface area contributed by atoms with Crippen molar-refractivity contribution in [1.82, 2.24) is 0 Å². The van der Waals surface area contributed by atoms with Crippen molar-refractivity contribution in [1.29, 1.82) is 0 Å². The van der Waals surface area contributed by atoms with Gasteiger partial charge in [0.1, 0.15) is 0 Å². The van der Waals surface area contributed by atoms with E-state index in [1.54, 1.807) is 17.4 Å². The van der Waals surface area contributed by atoms with E-state index in [4.69, 9.17) is 5.73 Å². The molecule has 0 atom stereocenters. The highest BCUT2D eigenvalue weighted by molar-refractivity contribution is 7.98. The van der Waals surface area contributed by atoms with Crippen LogP contribution in [-0.4, -0.2) is 6.26 Å². The van der Waals surface area contributed by atoms with E-state index in [0.29, 0.717) is 4.90 Å². The molecule has 1 aromatic heterocycles. The van der Waals surface area contributed by atoms with E-state index in [-0.39, 0.29) is 11.5 Å². The van der Waals surface area contributed by atoms with Gasteiger partial charge in [0.25, 0.3) is 0 Å². The first-order valence-electron chi connectivity index (χ1n) is 3.73. The van der Waals surface area contributed by atoms with Gasteiger partial charge >= 0.3 is 0 Å².